The SMILES string of the molecule is CCOC(=O)C(C)(C(=O)OCC)[C@@H](NS(=O)C(C)(C)C)C(F)(F)F. The van der Waals surface area contributed by atoms with E-state index in [9.17, 15) is 27.0 Å². The monoisotopic (exact) mass is 375 g/mol. The molecule has 1 N–H and O–H groups in total. The molecule has 0 aromatic carbocycles. The minimum atomic E-state index is -5.05. The van der Waals surface area contributed by atoms with Crippen LogP contribution < -0.4 is 4.72 Å². The van der Waals surface area contributed by atoms with Crippen molar-refractivity contribution in [1.82, 2.24) is 4.72 Å². The Morgan fingerprint density at radius 1 is 1.00 bits per heavy atom. The molecule has 0 aliphatic carbocycles. The molecule has 24 heavy (non-hydrogen) atoms. The van der Waals surface area contributed by atoms with Crippen molar-refractivity contribution in [2.45, 2.75) is 58.5 Å². The van der Waals surface area contributed by atoms with Crippen LogP contribution in [0.1, 0.15) is 41.5 Å². The lowest BCUT2D eigenvalue weighted by molar-refractivity contribution is -0.204. The molecule has 0 aliphatic rings. The molecular weight excluding hydrogens is 351 g/mol. The van der Waals surface area contributed by atoms with Crippen LogP contribution >= 0.6 is 0 Å². The van der Waals surface area contributed by atoms with Gasteiger partial charge in [-0.15, -0.1) is 0 Å². The van der Waals surface area contributed by atoms with Crippen LogP contribution in [0.15, 0.2) is 0 Å². The molecule has 0 heterocycles. The molecule has 0 aromatic heterocycles. The molecule has 142 valence electrons. The van der Waals surface area contributed by atoms with Gasteiger partial charge < -0.3 is 9.47 Å². The highest BCUT2D eigenvalue weighted by molar-refractivity contribution is 7.84. The molecule has 2 atom stereocenters. The van der Waals surface area contributed by atoms with Gasteiger partial charge in [-0.2, -0.15) is 13.2 Å². The Balaban J connectivity index is 6.06. The highest BCUT2D eigenvalue weighted by Gasteiger charge is 2.62. The highest BCUT2D eigenvalue weighted by atomic mass is 32.2. The molecule has 1 unspecified atom stereocenters. The summed E-state index contributed by atoms with van der Waals surface area (Å²) in [5, 5.41) is 0. The molecule has 0 aliphatic heterocycles. The number of hydrogen-bond donors (Lipinski definition) is 1. The molecule has 0 radical (unpaired) electrons. The Kier molecular flexibility index (Phi) is 7.88. The Morgan fingerprint density at radius 2 is 1.38 bits per heavy atom. The summed E-state index contributed by atoms with van der Waals surface area (Å²) in [6.45, 7) is 7.48. The first kappa shape index (κ1) is 22.8. The van der Waals surface area contributed by atoms with Gasteiger partial charge in [0.15, 0.2) is 5.41 Å². The van der Waals surface area contributed by atoms with E-state index in [4.69, 9.17) is 0 Å². The van der Waals surface area contributed by atoms with Crippen molar-refractivity contribution in [3.8, 4) is 0 Å². The maximum atomic E-state index is 13.6. The van der Waals surface area contributed by atoms with Crippen molar-refractivity contribution in [1.29, 1.82) is 0 Å². The van der Waals surface area contributed by atoms with Crippen LogP contribution in [-0.4, -0.2) is 46.3 Å². The lowest BCUT2D eigenvalue weighted by atomic mass is 9.82. The molecule has 10 heteroatoms. The minimum absolute atomic E-state index is 0.221. The summed E-state index contributed by atoms with van der Waals surface area (Å²) in [6, 6.07) is -2.73. The lowest BCUT2D eigenvalue weighted by Gasteiger charge is -2.35. The summed E-state index contributed by atoms with van der Waals surface area (Å²) < 4.78 is 62.9. The first-order valence-electron chi connectivity index (χ1n) is 7.32. The highest BCUT2D eigenvalue weighted by Crippen LogP contribution is 2.37. The number of alkyl halides is 3. The smallest absolute Gasteiger partial charge is 0.406 e. The topological polar surface area (TPSA) is 81.7 Å². The number of nitrogens with one attached hydrogen (secondary N) is 1. The van der Waals surface area contributed by atoms with E-state index < -0.39 is 45.3 Å². The van der Waals surface area contributed by atoms with Crippen LogP contribution in [-0.2, 0) is 30.0 Å². The van der Waals surface area contributed by atoms with Crippen molar-refractivity contribution in [2.75, 3.05) is 13.2 Å². The largest absolute Gasteiger partial charge is 0.465 e. The molecule has 0 saturated carbocycles. The summed E-state index contributed by atoms with van der Waals surface area (Å²) in [4.78, 5) is 24.3. The number of carbonyl (C=O) groups excluding carboxylic acids is 2. The summed E-state index contributed by atoms with van der Waals surface area (Å²) in [7, 11) is -2.19. The second kappa shape index (κ2) is 8.28. The molecule has 0 saturated heterocycles. The molecule has 0 bridgehead atoms. The molecular formula is C14H24F3NO5S. The van der Waals surface area contributed by atoms with Gasteiger partial charge in [0.05, 0.1) is 28.9 Å². The van der Waals surface area contributed by atoms with E-state index >= 15 is 0 Å². The van der Waals surface area contributed by atoms with Crippen LogP contribution in [0.5, 0.6) is 0 Å². The number of esters is 2. The van der Waals surface area contributed by atoms with Crippen LogP contribution in [0.2, 0.25) is 0 Å². The standard InChI is InChI=1S/C14H24F3NO5S/c1-7-22-10(19)13(6,11(20)23-8-2)9(14(15,16)17)18-24(21)12(3,4)5/h9,18H,7-8H2,1-6H3/t9-,24?/m1/s1. The van der Waals surface area contributed by atoms with E-state index in [1.807, 2.05) is 4.72 Å². The maximum absolute atomic E-state index is 13.6. The fourth-order valence-corrected chi connectivity index (χ4v) is 2.61. The van der Waals surface area contributed by atoms with Gasteiger partial charge in [-0.3, -0.25) is 9.59 Å². The van der Waals surface area contributed by atoms with Crippen LogP contribution in [0.25, 0.3) is 0 Å². The van der Waals surface area contributed by atoms with E-state index in [1.54, 1.807) is 0 Å². The van der Waals surface area contributed by atoms with Crippen molar-refractivity contribution >= 4 is 22.9 Å². The molecule has 6 nitrogen and oxygen atoms in total. The number of hydrogen-bond acceptors (Lipinski definition) is 5. The second-order valence-corrected chi connectivity index (χ2v) is 8.11. The van der Waals surface area contributed by atoms with Gasteiger partial charge in [0.25, 0.3) is 0 Å². The average Bonchev–Trinajstić information content (AvgIpc) is 2.41. The average molecular weight is 375 g/mol. The summed E-state index contributed by atoms with van der Waals surface area (Å²) >= 11 is 0. The van der Waals surface area contributed by atoms with Crippen molar-refractivity contribution < 1.29 is 36.4 Å². The van der Waals surface area contributed by atoms with E-state index in [-0.39, 0.29) is 13.2 Å². The second-order valence-electron chi connectivity index (χ2n) is 6.12. The molecule has 0 amide bonds. The summed E-state index contributed by atoms with van der Waals surface area (Å²) in [6.07, 6.45) is -5.05. The predicted molar refractivity (Wildman–Crippen MR) is 82.2 cm³/mol. The molecule has 0 fully saturated rings. The van der Waals surface area contributed by atoms with Gasteiger partial charge in [-0.05, 0) is 41.5 Å². The normalized spacial score (nSPS) is 15.5. The van der Waals surface area contributed by atoms with Crippen LogP contribution in [0.3, 0.4) is 0 Å². The minimum Gasteiger partial charge on any atom is -0.465 e. The quantitative estimate of drug-likeness (QED) is 0.544. The fourth-order valence-electron chi connectivity index (χ4n) is 1.68. The Morgan fingerprint density at radius 3 is 1.62 bits per heavy atom. The summed E-state index contributed by atoms with van der Waals surface area (Å²) in [5.74, 6) is -2.80. The fraction of sp³-hybridized carbons (Fsp3) is 0.857. The zero-order valence-corrected chi connectivity index (χ0v) is 15.4. The number of halogens is 3. The van der Waals surface area contributed by atoms with Crippen LogP contribution in [0, 0.1) is 5.41 Å². The molecule has 0 rings (SSSR count). The van der Waals surface area contributed by atoms with Gasteiger partial charge >= 0.3 is 18.1 Å². The first-order chi connectivity index (χ1) is 10.7. The third-order valence-electron chi connectivity index (χ3n) is 3.08. The van der Waals surface area contributed by atoms with Crippen molar-refractivity contribution in [3.05, 3.63) is 0 Å². The van der Waals surface area contributed by atoms with E-state index in [0.29, 0.717) is 0 Å². The van der Waals surface area contributed by atoms with E-state index in [1.165, 1.54) is 34.6 Å². The number of rotatable bonds is 7. The van der Waals surface area contributed by atoms with Gasteiger partial charge in [0.2, 0.25) is 0 Å². The third-order valence-corrected chi connectivity index (χ3v) is 4.65. The van der Waals surface area contributed by atoms with Crippen molar-refractivity contribution in [3.63, 3.8) is 0 Å². The molecule has 0 spiro atoms. The van der Waals surface area contributed by atoms with Gasteiger partial charge in [0.1, 0.15) is 6.04 Å². The molecule has 0 aromatic rings. The zero-order chi connectivity index (χ0) is 19.3. The van der Waals surface area contributed by atoms with E-state index in [2.05, 4.69) is 9.47 Å². The zero-order valence-electron chi connectivity index (χ0n) is 14.6. The Bertz CT molecular complexity index is 470. The van der Waals surface area contributed by atoms with E-state index in [0.717, 1.165) is 6.92 Å². The predicted octanol–water partition coefficient (Wildman–Crippen LogP) is 2.10. The van der Waals surface area contributed by atoms with Gasteiger partial charge in [-0.1, -0.05) is 0 Å². The van der Waals surface area contributed by atoms with Crippen LogP contribution in [0.4, 0.5) is 13.2 Å². The number of carbonyl (C=O) groups is 2. The first-order valence-corrected chi connectivity index (χ1v) is 8.47. The Labute approximate surface area is 142 Å². The van der Waals surface area contributed by atoms with Crippen molar-refractivity contribution in [2.24, 2.45) is 5.41 Å². The summed E-state index contributed by atoms with van der Waals surface area (Å²) in [5.41, 5.74) is -2.73. The third kappa shape index (κ3) is 5.44. The lowest BCUT2D eigenvalue weighted by Crippen LogP contribution is -2.62. The number of ether oxygens (including phenoxy) is 2. The maximum Gasteiger partial charge on any atom is 0.406 e. The Hall–Kier alpha value is -1.16. The van der Waals surface area contributed by atoms with Gasteiger partial charge in [0, 0.05) is 0 Å². The van der Waals surface area contributed by atoms with Gasteiger partial charge in [-0.25, -0.2) is 8.93 Å².